The molecule has 1 saturated carbocycles. The molecule has 0 aromatic rings. The first-order valence-corrected chi connectivity index (χ1v) is 19.9. The Balaban J connectivity index is 1.25. The number of aliphatic hydroxyl groups is 2. The van der Waals surface area contributed by atoms with E-state index in [2.05, 4.69) is 18.2 Å². The maximum Gasteiger partial charge on any atom is 0.307 e. The Bertz CT molecular complexity index is 1350. The molecule has 3 aliphatic heterocycles. The molecule has 0 spiro atoms. The highest BCUT2D eigenvalue weighted by atomic mass is 16.7. The van der Waals surface area contributed by atoms with Gasteiger partial charge in [-0.2, -0.15) is 0 Å². The topological polar surface area (TPSA) is 148 Å². The molecule has 6 rings (SSSR count). The van der Waals surface area contributed by atoms with E-state index in [9.17, 15) is 19.8 Å². The molecular formula is C41H62O12. The number of esters is 1. The lowest BCUT2D eigenvalue weighted by molar-refractivity contribution is -0.319. The number of hydrogen-bond acceptors (Lipinski definition) is 12. The van der Waals surface area contributed by atoms with Crippen molar-refractivity contribution in [2.45, 2.75) is 153 Å². The van der Waals surface area contributed by atoms with E-state index in [-0.39, 0.29) is 72.2 Å². The molecule has 12 heteroatoms. The molecule has 12 nitrogen and oxygen atoms in total. The summed E-state index contributed by atoms with van der Waals surface area (Å²) in [7, 11) is 4.80. The molecule has 4 fully saturated rings. The Morgan fingerprint density at radius 3 is 2.26 bits per heavy atom. The lowest BCUT2D eigenvalue weighted by Crippen LogP contribution is -2.60. The van der Waals surface area contributed by atoms with Gasteiger partial charge in [0.1, 0.15) is 24.4 Å². The molecule has 53 heavy (non-hydrogen) atoms. The molecule has 3 aliphatic carbocycles. The summed E-state index contributed by atoms with van der Waals surface area (Å²) in [5.41, 5.74) is 0.634. The van der Waals surface area contributed by atoms with Crippen LogP contribution < -0.4 is 0 Å². The fourth-order valence-electron chi connectivity index (χ4n) is 9.83. The van der Waals surface area contributed by atoms with Crippen molar-refractivity contribution in [2.24, 2.45) is 35.5 Å². The molecule has 0 radical (unpaired) electrons. The van der Waals surface area contributed by atoms with E-state index in [4.69, 9.17) is 37.9 Å². The van der Waals surface area contributed by atoms with E-state index in [1.165, 1.54) is 0 Å². The van der Waals surface area contributed by atoms with Crippen LogP contribution in [0.2, 0.25) is 0 Å². The summed E-state index contributed by atoms with van der Waals surface area (Å²) in [6.45, 7) is 7.72. The number of cyclic esters (lactones) is 1. The fourth-order valence-corrected chi connectivity index (χ4v) is 9.83. The van der Waals surface area contributed by atoms with Gasteiger partial charge in [-0.25, -0.2) is 0 Å². The second kappa shape index (κ2) is 17.9. The second-order valence-corrected chi connectivity index (χ2v) is 16.0. The van der Waals surface area contributed by atoms with E-state index in [1.807, 2.05) is 39.8 Å². The van der Waals surface area contributed by atoms with Crippen LogP contribution >= 0.6 is 0 Å². The molecule has 2 N–H and O–H groups in total. The molecule has 0 aromatic carbocycles. The predicted molar refractivity (Wildman–Crippen MR) is 193 cm³/mol. The lowest BCUT2D eigenvalue weighted by Gasteiger charge is -2.44. The highest BCUT2D eigenvalue weighted by Gasteiger charge is 2.55. The smallest absolute Gasteiger partial charge is 0.307 e. The van der Waals surface area contributed by atoms with E-state index < -0.39 is 55.1 Å². The largest absolute Gasteiger partial charge is 0.458 e. The van der Waals surface area contributed by atoms with Crippen molar-refractivity contribution in [3.05, 3.63) is 36.0 Å². The first kappa shape index (κ1) is 40.7. The fraction of sp³-hybridized carbons (Fsp3) is 0.805. The van der Waals surface area contributed by atoms with E-state index in [1.54, 1.807) is 21.3 Å². The molecule has 0 amide bonds. The van der Waals surface area contributed by atoms with Crippen molar-refractivity contribution in [1.82, 2.24) is 0 Å². The average molecular weight is 747 g/mol. The highest BCUT2D eigenvalue weighted by molar-refractivity contribution is 5.99. The predicted octanol–water partition coefficient (Wildman–Crippen LogP) is 4.45. The van der Waals surface area contributed by atoms with Crippen molar-refractivity contribution >= 4 is 11.8 Å². The summed E-state index contributed by atoms with van der Waals surface area (Å²) in [4.78, 5) is 28.2. The number of carbonyl (C=O) groups is 2. The summed E-state index contributed by atoms with van der Waals surface area (Å²) in [5.74, 6) is -1.64. The van der Waals surface area contributed by atoms with Crippen LogP contribution in [-0.2, 0) is 47.5 Å². The molecule has 0 unspecified atom stereocenters. The zero-order valence-corrected chi connectivity index (χ0v) is 32.4. The third kappa shape index (κ3) is 8.56. The second-order valence-electron chi connectivity index (χ2n) is 16.0. The summed E-state index contributed by atoms with van der Waals surface area (Å²) < 4.78 is 48.7. The summed E-state index contributed by atoms with van der Waals surface area (Å²) >= 11 is 0. The van der Waals surface area contributed by atoms with Crippen molar-refractivity contribution in [2.75, 3.05) is 21.3 Å². The van der Waals surface area contributed by atoms with Crippen molar-refractivity contribution in [3.8, 4) is 0 Å². The lowest BCUT2D eigenvalue weighted by atomic mass is 9.70. The van der Waals surface area contributed by atoms with E-state index in [0.717, 1.165) is 6.42 Å². The minimum atomic E-state index is -0.806. The number of ether oxygens (including phenoxy) is 8. The maximum atomic E-state index is 14.6. The monoisotopic (exact) mass is 746 g/mol. The first-order chi connectivity index (χ1) is 25.5. The van der Waals surface area contributed by atoms with Crippen LogP contribution in [0.15, 0.2) is 36.0 Å². The standard InChI is InChI=1S/C41H62O12/c1-8-9-11-24-12-10-13-32(52-35-17-16-31(42)22(3)49-35)21(2)36(44)30-18-27-25(29(30)20-34(43)51-24)14-15-26-28(27)19-33(37(26)45)53-41-40(48-7)39(47-6)38(46-5)23(4)50-41/h9,11,14-15,18,21-29,31-33,35,37-42,45H,8,10,12-13,16-17,19-20H2,1-7H3/b11-9+/t21-,22-,23+,24+,25-,26+,27-,28-,29+,31+,32+,33+,35+,37+,38+,39-,40-,41+/m1/s1. The van der Waals surface area contributed by atoms with E-state index >= 15 is 0 Å². The first-order valence-electron chi connectivity index (χ1n) is 19.9. The minimum Gasteiger partial charge on any atom is -0.458 e. The highest BCUT2D eigenvalue weighted by Crippen LogP contribution is 2.54. The number of aliphatic hydroxyl groups excluding tert-OH is 2. The minimum absolute atomic E-state index is 0.0254. The van der Waals surface area contributed by atoms with Gasteiger partial charge >= 0.3 is 5.97 Å². The zero-order valence-electron chi connectivity index (χ0n) is 32.4. The van der Waals surface area contributed by atoms with Crippen LogP contribution in [-0.4, -0.2) is 117 Å². The van der Waals surface area contributed by atoms with Crippen LogP contribution in [0.25, 0.3) is 0 Å². The molecule has 6 aliphatic rings. The summed E-state index contributed by atoms with van der Waals surface area (Å²) in [5, 5.41) is 21.9. The molecule has 3 saturated heterocycles. The molecule has 0 bridgehead atoms. The quantitative estimate of drug-likeness (QED) is 0.254. The Labute approximate surface area is 314 Å². The van der Waals surface area contributed by atoms with Crippen LogP contribution in [0.4, 0.5) is 0 Å². The van der Waals surface area contributed by atoms with Gasteiger partial charge in [-0.1, -0.05) is 38.2 Å². The normalized spacial score (nSPS) is 46.5. The number of Topliss-reactive ketones (excluding diaryl/α,β-unsaturated/α-hetero) is 1. The zero-order chi connectivity index (χ0) is 38.0. The van der Waals surface area contributed by atoms with Gasteiger partial charge in [0.2, 0.25) is 0 Å². The third-order valence-electron chi connectivity index (χ3n) is 12.8. The van der Waals surface area contributed by atoms with Gasteiger partial charge in [-0.15, -0.1) is 0 Å². The third-order valence-corrected chi connectivity index (χ3v) is 12.8. The van der Waals surface area contributed by atoms with Crippen molar-refractivity contribution in [1.29, 1.82) is 0 Å². The Hall–Kier alpha value is -2.00. The van der Waals surface area contributed by atoms with Crippen LogP contribution in [0, 0.1) is 35.5 Å². The SMILES string of the molecule is CC/C=C/[C@H]1CCC[C@H](O[C@H]2CC[C@H](O)[C@@H](C)O2)[C@@H](C)C(=O)C2=C[C@@H]3[C@@H](C=C[C@@H]4[C@H](O)[C@@H](O[C@@H]5O[C@@H](C)[C@H](OC)[C@@H](OC)[C@H]5OC)C[C@H]43)[C@@H]2CC(=O)O1. The molecular weight excluding hydrogens is 684 g/mol. The van der Waals surface area contributed by atoms with Gasteiger partial charge in [-0.05, 0) is 81.8 Å². The summed E-state index contributed by atoms with van der Waals surface area (Å²) in [6, 6.07) is 0. The van der Waals surface area contributed by atoms with Gasteiger partial charge in [-0.3, -0.25) is 9.59 Å². The van der Waals surface area contributed by atoms with Crippen LogP contribution in [0.3, 0.4) is 0 Å². The van der Waals surface area contributed by atoms with Gasteiger partial charge in [0.05, 0.1) is 43.0 Å². The van der Waals surface area contributed by atoms with E-state index in [0.29, 0.717) is 44.1 Å². The van der Waals surface area contributed by atoms with Gasteiger partial charge in [0, 0.05) is 45.5 Å². The van der Waals surface area contributed by atoms with Crippen molar-refractivity contribution in [3.63, 3.8) is 0 Å². The molecule has 0 aromatic heterocycles. The molecule has 298 valence electrons. The Morgan fingerprint density at radius 2 is 1.57 bits per heavy atom. The Kier molecular flexibility index (Phi) is 13.7. The number of methoxy groups -OCH3 is 3. The van der Waals surface area contributed by atoms with Gasteiger partial charge in [0.15, 0.2) is 18.4 Å². The average Bonchev–Trinajstić information content (AvgIpc) is 3.66. The van der Waals surface area contributed by atoms with Crippen molar-refractivity contribution < 1.29 is 57.7 Å². The number of carbonyl (C=O) groups excluding carboxylic acids is 2. The molecule has 3 heterocycles. The number of fused-ring (bicyclic) bond motifs is 5. The van der Waals surface area contributed by atoms with Crippen LogP contribution in [0.5, 0.6) is 0 Å². The number of rotatable bonds is 9. The van der Waals surface area contributed by atoms with Gasteiger partial charge < -0.3 is 48.1 Å². The number of allylic oxidation sites excluding steroid dienone is 4. The maximum absolute atomic E-state index is 14.6. The van der Waals surface area contributed by atoms with Crippen LogP contribution in [0.1, 0.15) is 79.1 Å². The Morgan fingerprint density at radius 1 is 0.830 bits per heavy atom. The number of hydrogen-bond donors (Lipinski definition) is 2. The van der Waals surface area contributed by atoms with Gasteiger partial charge in [0.25, 0.3) is 0 Å². The number of ketones is 1. The molecule has 18 atom stereocenters. The summed E-state index contributed by atoms with van der Waals surface area (Å²) in [6.07, 6.45) is 8.67.